The molecule has 1 amide bonds. The SMILES string of the molecule is CCN(C(=O)c1ccc(N(C)C)cc1)C(C)CC(=O)O. The Morgan fingerprint density at radius 3 is 2.15 bits per heavy atom. The van der Waals surface area contributed by atoms with Crippen molar-refractivity contribution in [2.75, 3.05) is 25.5 Å². The maximum absolute atomic E-state index is 12.4. The molecule has 1 N–H and O–H groups in total. The number of benzene rings is 1. The number of aliphatic carboxylic acids is 1. The smallest absolute Gasteiger partial charge is 0.305 e. The van der Waals surface area contributed by atoms with Gasteiger partial charge in [-0.3, -0.25) is 9.59 Å². The van der Waals surface area contributed by atoms with Crippen LogP contribution in [0, 0.1) is 0 Å². The average molecular weight is 278 g/mol. The Morgan fingerprint density at radius 2 is 1.75 bits per heavy atom. The molecule has 110 valence electrons. The molecule has 0 saturated carbocycles. The first-order chi connectivity index (χ1) is 9.36. The van der Waals surface area contributed by atoms with Gasteiger partial charge in [-0.05, 0) is 38.1 Å². The van der Waals surface area contributed by atoms with Gasteiger partial charge in [0, 0.05) is 37.9 Å². The number of carboxylic acids is 1. The van der Waals surface area contributed by atoms with Crippen molar-refractivity contribution in [2.45, 2.75) is 26.3 Å². The monoisotopic (exact) mass is 278 g/mol. The Kier molecular flexibility index (Phi) is 5.55. The van der Waals surface area contributed by atoms with E-state index in [2.05, 4.69) is 0 Å². The summed E-state index contributed by atoms with van der Waals surface area (Å²) < 4.78 is 0. The molecule has 1 aromatic carbocycles. The third-order valence-electron chi connectivity index (χ3n) is 3.23. The predicted octanol–water partition coefficient (Wildman–Crippen LogP) is 2.08. The third-order valence-corrected chi connectivity index (χ3v) is 3.23. The molecular formula is C15H22N2O3. The van der Waals surface area contributed by atoms with E-state index in [1.807, 2.05) is 38.1 Å². The van der Waals surface area contributed by atoms with Gasteiger partial charge in [0.1, 0.15) is 0 Å². The normalized spacial score (nSPS) is 11.8. The summed E-state index contributed by atoms with van der Waals surface area (Å²) in [6, 6.07) is 6.98. The maximum Gasteiger partial charge on any atom is 0.305 e. The first-order valence-corrected chi connectivity index (χ1v) is 6.67. The molecule has 0 aliphatic rings. The lowest BCUT2D eigenvalue weighted by Crippen LogP contribution is -2.39. The van der Waals surface area contributed by atoms with Crippen molar-refractivity contribution < 1.29 is 14.7 Å². The molecule has 1 atom stereocenters. The van der Waals surface area contributed by atoms with E-state index < -0.39 is 5.97 Å². The number of nitrogens with zero attached hydrogens (tertiary/aromatic N) is 2. The minimum atomic E-state index is -0.897. The van der Waals surface area contributed by atoms with Gasteiger partial charge >= 0.3 is 5.97 Å². The van der Waals surface area contributed by atoms with E-state index >= 15 is 0 Å². The number of hydrogen-bond acceptors (Lipinski definition) is 3. The van der Waals surface area contributed by atoms with Gasteiger partial charge in [0.05, 0.1) is 6.42 Å². The molecule has 5 heteroatoms. The van der Waals surface area contributed by atoms with Crippen LogP contribution in [0.3, 0.4) is 0 Å². The van der Waals surface area contributed by atoms with Crippen LogP contribution < -0.4 is 4.90 Å². The molecular weight excluding hydrogens is 256 g/mol. The molecule has 0 aliphatic heterocycles. The van der Waals surface area contributed by atoms with Gasteiger partial charge in [-0.15, -0.1) is 0 Å². The minimum Gasteiger partial charge on any atom is -0.481 e. The highest BCUT2D eigenvalue weighted by Crippen LogP contribution is 2.15. The van der Waals surface area contributed by atoms with Crippen molar-refractivity contribution in [3.05, 3.63) is 29.8 Å². The number of carbonyl (C=O) groups is 2. The Labute approximate surface area is 119 Å². The quantitative estimate of drug-likeness (QED) is 0.865. The van der Waals surface area contributed by atoms with Crippen LogP contribution in [0.5, 0.6) is 0 Å². The summed E-state index contributed by atoms with van der Waals surface area (Å²) in [6.07, 6.45) is -0.0463. The average Bonchev–Trinajstić information content (AvgIpc) is 2.38. The molecule has 0 aromatic heterocycles. The van der Waals surface area contributed by atoms with E-state index in [4.69, 9.17) is 5.11 Å². The topological polar surface area (TPSA) is 60.9 Å². The molecule has 0 heterocycles. The second kappa shape index (κ2) is 6.93. The first-order valence-electron chi connectivity index (χ1n) is 6.67. The predicted molar refractivity (Wildman–Crippen MR) is 79.2 cm³/mol. The summed E-state index contributed by atoms with van der Waals surface area (Å²) in [5.41, 5.74) is 1.60. The molecule has 0 fully saturated rings. The molecule has 1 unspecified atom stereocenters. The third kappa shape index (κ3) is 3.98. The van der Waals surface area contributed by atoms with Gasteiger partial charge in [0.2, 0.25) is 0 Å². The summed E-state index contributed by atoms with van der Waals surface area (Å²) in [6.45, 7) is 4.09. The van der Waals surface area contributed by atoms with Gasteiger partial charge in [0.15, 0.2) is 0 Å². The van der Waals surface area contributed by atoms with Crippen LogP contribution >= 0.6 is 0 Å². The lowest BCUT2D eigenvalue weighted by molar-refractivity contribution is -0.138. The van der Waals surface area contributed by atoms with Crippen LogP contribution in [-0.2, 0) is 4.79 Å². The number of hydrogen-bond donors (Lipinski definition) is 1. The lowest BCUT2D eigenvalue weighted by Gasteiger charge is -2.27. The first kappa shape index (κ1) is 16.0. The van der Waals surface area contributed by atoms with E-state index in [1.54, 1.807) is 24.0 Å². The standard InChI is InChI=1S/C15H22N2O3/c1-5-17(11(2)10-14(18)19)15(20)12-6-8-13(9-7-12)16(3)4/h6-9,11H,5,10H2,1-4H3,(H,18,19). The highest BCUT2D eigenvalue weighted by Gasteiger charge is 2.21. The van der Waals surface area contributed by atoms with E-state index in [0.29, 0.717) is 12.1 Å². The minimum absolute atomic E-state index is 0.0463. The van der Waals surface area contributed by atoms with E-state index in [0.717, 1.165) is 5.69 Å². The molecule has 0 aliphatic carbocycles. The number of carboxylic acid groups (broad SMARTS) is 1. The van der Waals surface area contributed by atoms with Crippen LogP contribution in [-0.4, -0.2) is 48.6 Å². The molecule has 0 spiro atoms. The summed E-state index contributed by atoms with van der Waals surface area (Å²) in [5.74, 6) is -1.03. The van der Waals surface area contributed by atoms with E-state index in [1.165, 1.54) is 0 Å². The highest BCUT2D eigenvalue weighted by molar-refractivity contribution is 5.95. The number of amides is 1. The molecule has 20 heavy (non-hydrogen) atoms. The van der Waals surface area contributed by atoms with Crippen molar-refractivity contribution in [3.63, 3.8) is 0 Å². The zero-order chi connectivity index (χ0) is 15.3. The van der Waals surface area contributed by atoms with Gasteiger partial charge in [-0.1, -0.05) is 0 Å². The van der Waals surface area contributed by atoms with Crippen molar-refractivity contribution in [1.29, 1.82) is 0 Å². The van der Waals surface area contributed by atoms with Crippen LogP contribution in [0.15, 0.2) is 24.3 Å². The highest BCUT2D eigenvalue weighted by atomic mass is 16.4. The Balaban J connectivity index is 2.87. The molecule has 1 aromatic rings. The molecule has 0 radical (unpaired) electrons. The van der Waals surface area contributed by atoms with Crippen molar-refractivity contribution in [3.8, 4) is 0 Å². The van der Waals surface area contributed by atoms with Crippen LogP contribution in [0.25, 0.3) is 0 Å². The summed E-state index contributed by atoms with van der Waals surface area (Å²) in [7, 11) is 3.87. The van der Waals surface area contributed by atoms with Gasteiger partial charge in [-0.25, -0.2) is 0 Å². The summed E-state index contributed by atoms with van der Waals surface area (Å²) in [5, 5.41) is 8.83. The van der Waals surface area contributed by atoms with E-state index in [9.17, 15) is 9.59 Å². The van der Waals surface area contributed by atoms with Crippen LogP contribution in [0.4, 0.5) is 5.69 Å². The fourth-order valence-corrected chi connectivity index (χ4v) is 2.09. The summed E-state index contributed by atoms with van der Waals surface area (Å²) in [4.78, 5) is 26.7. The fourth-order valence-electron chi connectivity index (χ4n) is 2.09. The molecule has 0 saturated heterocycles. The van der Waals surface area contributed by atoms with Crippen molar-refractivity contribution >= 4 is 17.6 Å². The number of anilines is 1. The zero-order valence-corrected chi connectivity index (χ0v) is 12.5. The molecule has 0 bridgehead atoms. The van der Waals surface area contributed by atoms with Crippen molar-refractivity contribution in [2.24, 2.45) is 0 Å². The second-order valence-electron chi connectivity index (χ2n) is 4.98. The Hall–Kier alpha value is -2.04. The van der Waals surface area contributed by atoms with E-state index in [-0.39, 0.29) is 18.4 Å². The second-order valence-corrected chi connectivity index (χ2v) is 4.98. The number of rotatable bonds is 6. The van der Waals surface area contributed by atoms with Gasteiger partial charge < -0.3 is 14.9 Å². The fraction of sp³-hybridized carbons (Fsp3) is 0.467. The van der Waals surface area contributed by atoms with Crippen LogP contribution in [0.1, 0.15) is 30.6 Å². The Morgan fingerprint density at radius 1 is 1.20 bits per heavy atom. The Bertz CT molecular complexity index is 469. The maximum atomic E-state index is 12.4. The number of carbonyl (C=O) groups excluding carboxylic acids is 1. The molecule has 1 rings (SSSR count). The summed E-state index contributed by atoms with van der Waals surface area (Å²) >= 11 is 0. The zero-order valence-electron chi connectivity index (χ0n) is 12.5. The molecule has 5 nitrogen and oxygen atoms in total. The van der Waals surface area contributed by atoms with Crippen LogP contribution in [0.2, 0.25) is 0 Å². The largest absolute Gasteiger partial charge is 0.481 e. The van der Waals surface area contributed by atoms with Crippen molar-refractivity contribution in [1.82, 2.24) is 4.90 Å². The lowest BCUT2D eigenvalue weighted by atomic mass is 10.1. The van der Waals surface area contributed by atoms with Gasteiger partial charge in [0.25, 0.3) is 5.91 Å². The van der Waals surface area contributed by atoms with Gasteiger partial charge in [-0.2, -0.15) is 0 Å².